The van der Waals surface area contributed by atoms with Crippen molar-refractivity contribution in [1.82, 2.24) is 0 Å². The first kappa shape index (κ1) is 19.5. The van der Waals surface area contributed by atoms with Gasteiger partial charge >= 0.3 is 11.9 Å². The molecule has 0 atom stereocenters. The normalized spacial score (nSPS) is 11.2. The van der Waals surface area contributed by atoms with Gasteiger partial charge in [-0.15, -0.1) is 0 Å². The number of carbonyl (C=O) groups is 2. The minimum absolute atomic E-state index is 0.239. The standard InChI is InChI=1S/2C9H7ClO2/c2*10-8(6-9(11)12)7-4-2-1-3-5-7/h2*1-6H,(H,11,12)/b2*8-6-. The first-order valence-electron chi connectivity index (χ1n) is 6.71. The molecule has 2 rings (SSSR count). The third kappa shape index (κ3) is 7.63. The quantitative estimate of drug-likeness (QED) is 0.770. The van der Waals surface area contributed by atoms with E-state index in [1.54, 1.807) is 48.5 Å². The number of rotatable bonds is 4. The van der Waals surface area contributed by atoms with Gasteiger partial charge in [0.05, 0.1) is 10.1 Å². The molecule has 0 saturated heterocycles. The van der Waals surface area contributed by atoms with Crippen molar-refractivity contribution in [2.75, 3.05) is 0 Å². The molecule has 0 heterocycles. The predicted molar refractivity (Wildman–Crippen MR) is 95.8 cm³/mol. The van der Waals surface area contributed by atoms with E-state index in [1.807, 2.05) is 12.1 Å². The fourth-order valence-corrected chi connectivity index (χ4v) is 2.02. The fourth-order valence-electron chi connectivity index (χ4n) is 1.58. The topological polar surface area (TPSA) is 74.6 Å². The lowest BCUT2D eigenvalue weighted by molar-refractivity contribution is -0.132. The molecular weight excluding hydrogens is 351 g/mol. The summed E-state index contributed by atoms with van der Waals surface area (Å²) < 4.78 is 0. The molecule has 24 heavy (non-hydrogen) atoms. The van der Waals surface area contributed by atoms with Crippen molar-refractivity contribution in [3.63, 3.8) is 0 Å². The summed E-state index contributed by atoms with van der Waals surface area (Å²) in [4.78, 5) is 20.4. The monoisotopic (exact) mass is 364 g/mol. The van der Waals surface area contributed by atoms with Gasteiger partial charge in [-0.1, -0.05) is 83.9 Å². The average Bonchev–Trinajstić information content (AvgIpc) is 2.56. The average molecular weight is 365 g/mol. The van der Waals surface area contributed by atoms with Gasteiger partial charge in [-0.25, -0.2) is 9.59 Å². The van der Waals surface area contributed by atoms with Gasteiger partial charge in [-0.2, -0.15) is 0 Å². The Morgan fingerprint density at radius 1 is 0.667 bits per heavy atom. The van der Waals surface area contributed by atoms with Gasteiger partial charge in [0, 0.05) is 12.2 Å². The zero-order chi connectivity index (χ0) is 17.9. The van der Waals surface area contributed by atoms with E-state index in [-0.39, 0.29) is 10.1 Å². The highest BCUT2D eigenvalue weighted by Gasteiger charge is 1.99. The summed E-state index contributed by atoms with van der Waals surface area (Å²) in [5.74, 6) is -2.08. The highest BCUT2D eigenvalue weighted by molar-refractivity contribution is 6.50. The maximum absolute atomic E-state index is 10.2. The molecule has 6 heteroatoms. The van der Waals surface area contributed by atoms with Crippen LogP contribution in [-0.2, 0) is 9.59 Å². The SMILES string of the molecule is O=C(O)/C=C(\Cl)c1ccccc1.O=C(O)/C=C(\Cl)c1ccccc1. The molecule has 4 nitrogen and oxygen atoms in total. The minimum Gasteiger partial charge on any atom is -0.478 e. The molecule has 0 aliphatic carbocycles. The molecule has 2 aromatic rings. The van der Waals surface area contributed by atoms with Gasteiger partial charge in [0.2, 0.25) is 0 Å². The van der Waals surface area contributed by atoms with Crippen LogP contribution in [0.3, 0.4) is 0 Å². The second-order valence-electron chi connectivity index (χ2n) is 4.39. The molecule has 2 aromatic carbocycles. The van der Waals surface area contributed by atoms with Crippen molar-refractivity contribution >= 4 is 45.2 Å². The van der Waals surface area contributed by atoms with Gasteiger partial charge in [0.1, 0.15) is 0 Å². The van der Waals surface area contributed by atoms with Crippen molar-refractivity contribution in [3.05, 3.63) is 83.9 Å². The molecule has 0 aromatic heterocycles. The Morgan fingerprint density at radius 2 is 0.958 bits per heavy atom. The number of halogens is 2. The predicted octanol–water partition coefficient (Wildman–Crippen LogP) is 4.70. The van der Waals surface area contributed by atoms with Crippen molar-refractivity contribution in [1.29, 1.82) is 0 Å². The largest absolute Gasteiger partial charge is 0.478 e. The van der Waals surface area contributed by atoms with E-state index in [9.17, 15) is 9.59 Å². The number of aliphatic carboxylic acids is 2. The second kappa shape index (κ2) is 10.3. The van der Waals surface area contributed by atoms with Crippen molar-refractivity contribution in [3.8, 4) is 0 Å². The van der Waals surface area contributed by atoms with Gasteiger partial charge in [0.25, 0.3) is 0 Å². The molecule has 2 N–H and O–H groups in total. The van der Waals surface area contributed by atoms with Crippen LogP contribution in [0.4, 0.5) is 0 Å². The fraction of sp³-hybridized carbons (Fsp3) is 0. The lowest BCUT2D eigenvalue weighted by atomic mass is 10.2. The Bertz CT molecular complexity index is 673. The Balaban J connectivity index is 0.000000240. The van der Waals surface area contributed by atoms with Crippen LogP contribution >= 0.6 is 23.2 Å². The number of hydrogen-bond donors (Lipinski definition) is 2. The van der Waals surface area contributed by atoms with Crippen LogP contribution in [0.25, 0.3) is 10.1 Å². The molecule has 0 amide bonds. The third-order valence-electron chi connectivity index (χ3n) is 2.60. The van der Waals surface area contributed by atoms with E-state index in [4.69, 9.17) is 33.4 Å². The van der Waals surface area contributed by atoms with Crippen LogP contribution in [0.2, 0.25) is 0 Å². The van der Waals surface area contributed by atoms with Crippen LogP contribution in [0.5, 0.6) is 0 Å². The van der Waals surface area contributed by atoms with Crippen molar-refractivity contribution < 1.29 is 19.8 Å². The molecule has 0 saturated carbocycles. The molecule has 0 spiro atoms. The van der Waals surface area contributed by atoms with Crippen LogP contribution in [0.1, 0.15) is 11.1 Å². The number of carboxylic acid groups (broad SMARTS) is 2. The maximum Gasteiger partial charge on any atom is 0.329 e. The molecular formula is C18H14Cl2O4. The summed E-state index contributed by atoms with van der Waals surface area (Å²) in [6.45, 7) is 0. The zero-order valence-corrected chi connectivity index (χ0v) is 13.9. The van der Waals surface area contributed by atoms with Gasteiger partial charge < -0.3 is 10.2 Å². The van der Waals surface area contributed by atoms with Crippen LogP contribution in [0.15, 0.2) is 72.8 Å². The minimum atomic E-state index is -1.04. The van der Waals surface area contributed by atoms with E-state index < -0.39 is 11.9 Å². The Labute approximate surface area is 149 Å². The van der Waals surface area contributed by atoms with Crippen molar-refractivity contribution in [2.24, 2.45) is 0 Å². The van der Waals surface area contributed by atoms with E-state index in [0.717, 1.165) is 12.2 Å². The number of benzene rings is 2. The highest BCUT2D eigenvalue weighted by atomic mass is 35.5. The summed E-state index contributed by atoms with van der Waals surface area (Å²) in [6, 6.07) is 17.9. The molecule has 0 radical (unpaired) electrons. The first-order chi connectivity index (χ1) is 11.4. The number of hydrogen-bond acceptors (Lipinski definition) is 2. The second-order valence-corrected chi connectivity index (χ2v) is 5.21. The van der Waals surface area contributed by atoms with Crippen LogP contribution in [-0.4, -0.2) is 22.2 Å². The highest BCUT2D eigenvalue weighted by Crippen LogP contribution is 2.18. The van der Waals surface area contributed by atoms with Crippen molar-refractivity contribution in [2.45, 2.75) is 0 Å². The molecule has 0 aliphatic rings. The Morgan fingerprint density at radius 3 is 1.21 bits per heavy atom. The van der Waals surface area contributed by atoms with E-state index in [0.29, 0.717) is 11.1 Å². The Hall–Kier alpha value is -2.56. The third-order valence-corrected chi connectivity index (χ3v) is 3.25. The lowest BCUT2D eigenvalue weighted by Gasteiger charge is -1.95. The zero-order valence-electron chi connectivity index (χ0n) is 12.4. The Kier molecular flexibility index (Phi) is 8.33. The van der Waals surface area contributed by atoms with E-state index >= 15 is 0 Å². The molecule has 0 aliphatic heterocycles. The lowest BCUT2D eigenvalue weighted by Crippen LogP contribution is -1.88. The van der Waals surface area contributed by atoms with Gasteiger partial charge in [-0.3, -0.25) is 0 Å². The number of carboxylic acids is 2. The molecule has 0 bridgehead atoms. The smallest absolute Gasteiger partial charge is 0.329 e. The van der Waals surface area contributed by atoms with Crippen LogP contribution < -0.4 is 0 Å². The summed E-state index contributed by atoms with van der Waals surface area (Å²) in [5, 5.41) is 17.2. The van der Waals surface area contributed by atoms with Crippen LogP contribution in [0, 0.1) is 0 Å². The summed E-state index contributed by atoms with van der Waals surface area (Å²) in [5.41, 5.74) is 1.42. The van der Waals surface area contributed by atoms with E-state index in [2.05, 4.69) is 0 Å². The molecule has 0 unspecified atom stereocenters. The van der Waals surface area contributed by atoms with E-state index in [1.165, 1.54) is 0 Å². The summed E-state index contributed by atoms with van der Waals surface area (Å²) in [6.07, 6.45) is 1.94. The molecule has 0 fully saturated rings. The van der Waals surface area contributed by atoms with Gasteiger partial charge in [0.15, 0.2) is 0 Å². The maximum atomic E-state index is 10.2. The molecule has 124 valence electrons. The first-order valence-corrected chi connectivity index (χ1v) is 7.47. The summed E-state index contributed by atoms with van der Waals surface area (Å²) >= 11 is 11.4. The summed E-state index contributed by atoms with van der Waals surface area (Å²) in [7, 11) is 0. The van der Waals surface area contributed by atoms with Gasteiger partial charge in [-0.05, 0) is 11.1 Å².